The van der Waals surface area contributed by atoms with Gasteiger partial charge in [0.1, 0.15) is 0 Å². The molecule has 2 heterocycles. The molecule has 0 unspecified atom stereocenters. The Morgan fingerprint density at radius 3 is 1.45 bits per heavy atom. The van der Waals surface area contributed by atoms with Crippen molar-refractivity contribution in [3.8, 4) is 0 Å². The minimum absolute atomic E-state index is 0.0380. The van der Waals surface area contributed by atoms with Crippen LogP contribution in [0.2, 0.25) is 0 Å². The van der Waals surface area contributed by atoms with Gasteiger partial charge in [0.2, 0.25) is 0 Å². The summed E-state index contributed by atoms with van der Waals surface area (Å²) in [4.78, 5) is 7.16. The van der Waals surface area contributed by atoms with E-state index in [1.807, 2.05) is 0 Å². The van der Waals surface area contributed by atoms with Crippen molar-refractivity contribution in [3.05, 3.63) is 215 Å². The second-order valence-electron chi connectivity index (χ2n) is 12.3. The van der Waals surface area contributed by atoms with Crippen LogP contribution in [0.1, 0.15) is 64.6 Å². The maximum absolute atomic E-state index is 4.58. The molecule has 0 bridgehead atoms. The average molecular weight is 845 g/mol. The van der Waals surface area contributed by atoms with Crippen LogP contribution >= 0.6 is 9.19 Å². The van der Waals surface area contributed by atoms with Crippen LogP contribution in [0.5, 0.6) is 0 Å². The normalized spacial score (nSPS) is 13.6. The van der Waals surface area contributed by atoms with Crippen LogP contribution in [0, 0.1) is 13.6 Å². The van der Waals surface area contributed by atoms with E-state index in [0.29, 0.717) is 0 Å². The fourth-order valence-corrected chi connectivity index (χ4v) is 7.24. The van der Waals surface area contributed by atoms with E-state index in [0.717, 1.165) is 13.1 Å². The number of rotatable bonds is 10. The molecule has 0 atom stereocenters. The number of nitrogens with zero attached hydrogens (tertiary/aromatic N) is 3. The summed E-state index contributed by atoms with van der Waals surface area (Å²) in [6.07, 6.45) is 8.94. The van der Waals surface area contributed by atoms with E-state index in [1.165, 1.54) is 56.1 Å². The third kappa shape index (κ3) is 7.37. The molecule has 2 aliphatic heterocycles. The molecule has 5 aromatic carbocycles. The summed E-state index contributed by atoms with van der Waals surface area (Å²) in [5, 5.41) is 0. The maximum atomic E-state index is 4.58. The minimum atomic E-state index is 0.0380. The van der Waals surface area contributed by atoms with Crippen molar-refractivity contribution in [2.24, 2.45) is 0 Å². The van der Waals surface area contributed by atoms with Gasteiger partial charge in [0, 0.05) is 36.3 Å². The number of aryl methyl sites for hydroxylation is 1. The van der Waals surface area contributed by atoms with Gasteiger partial charge in [-0.15, -0.1) is 6.67 Å². The molecule has 0 N–H and O–H groups in total. The zero-order chi connectivity index (χ0) is 34.2. The van der Waals surface area contributed by atoms with E-state index in [1.54, 1.807) is 20.0 Å². The van der Waals surface area contributed by atoms with Crippen molar-refractivity contribution < 1.29 is 20.0 Å². The van der Waals surface area contributed by atoms with Crippen LogP contribution in [0.4, 0.5) is 5.69 Å². The summed E-state index contributed by atoms with van der Waals surface area (Å²) < 4.78 is 0. The third-order valence-corrected chi connectivity index (χ3v) is 9.36. The predicted octanol–water partition coefficient (Wildman–Crippen LogP) is 10.9. The molecule has 0 aromatic heterocycles. The van der Waals surface area contributed by atoms with Gasteiger partial charge in [-0.2, -0.15) is 0 Å². The summed E-state index contributed by atoms with van der Waals surface area (Å²) in [5.74, 6) is 1.28. The molecule has 0 aliphatic carbocycles. The molecule has 5 heteroatoms. The first kappa shape index (κ1) is 34.6. The zero-order valence-electron chi connectivity index (χ0n) is 28.2. The number of allylic oxidation sites excluding steroid dienone is 3. The van der Waals surface area contributed by atoms with E-state index >= 15 is 0 Å². The predicted molar refractivity (Wildman–Crippen MR) is 202 cm³/mol. The Hall–Kier alpha value is -4.25. The van der Waals surface area contributed by atoms with Gasteiger partial charge >= 0.3 is 29.2 Å². The fourth-order valence-electron chi connectivity index (χ4n) is 7.24. The molecule has 0 radical (unpaired) electrons. The molecule has 7 rings (SSSR count). The van der Waals surface area contributed by atoms with Crippen molar-refractivity contribution in [2.75, 3.05) is 18.0 Å². The quantitative estimate of drug-likeness (QED) is 0.0788. The van der Waals surface area contributed by atoms with Crippen LogP contribution < -0.4 is 4.90 Å². The monoisotopic (exact) mass is 844 g/mol. The van der Waals surface area contributed by atoms with Gasteiger partial charge in [-0.3, -0.25) is 0 Å². The number of hydrogen-bond donors (Lipinski definition) is 0. The molecule has 5 aromatic rings. The SMILES string of the molecule is CCN(CC)C1=CC=CC2=CN(c3c(C(c4ccccc4)c4ccccc4)cc(C)cc3C(c3ccccc3)c3ccccc3)[CH-]N21.[Cl][Au]. The Labute approximate surface area is 308 Å². The molecule has 2 aliphatic rings. The second kappa shape index (κ2) is 16.4. The fraction of sp³-hybridized carbons (Fsp3) is 0.159. The number of anilines is 1. The van der Waals surface area contributed by atoms with E-state index in [-0.39, 0.29) is 11.8 Å². The average Bonchev–Trinajstić information content (AvgIpc) is 3.60. The van der Waals surface area contributed by atoms with Crippen molar-refractivity contribution in [3.63, 3.8) is 0 Å². The zero-order valence-corrected chi connectivity index (χ0v) is 31.1. The number of fused-ring (bicyclic) bond motifs is 1. The van der Waals surface area contributed by atoms with Gasteiger partial charge in [-0.05, 0) is 72.5 Å². The molecule has 0 amide bonds. The standard InChI is InChI=1S/C44H42N3.Au.ClH/c1-4-45(5-2)41-28-18-27-38-31-46(32-47(38)41)44-39(42(34-19-10-6-11-20-34)35-21-12-7-13-22-35)29-33(3)30-40(44)43(36-23-14-8-15-24-36)37-25-16-9-17-26-37;;/h6-32,42-43H,4-5H2,1-3H3;;1H/q-1;+1;/p-1. The van der Waals surface area contributed by atoms with E-state index in [4.69, 9.17) is 0 Å². The van der Waals surface area contributed by atoms with Gasteiger partial charge in [-0.25, -0.2) is 0 Å². The summed E-state index contributed by atoms with van der Waals surface area (Å²) in [5.41, 5.74) is 11.3. The Kier molecular flexibility index (Phi) is 11.6. The van der Waals surface area contributed by atoms with Crippen LogP contribution in [-0.4, -0.2) is 22.9 Å². The van der Waals surface area contributed by atoms with Crippen LogP contribution in [-0.2, 0) is 20.0 Å². The molecule has 0 spiro atoms. The Morgan fingerprint density at radius 2 is 1.06 bits per heavy atom. The van der Waals surface area contributed by atoms with Gasteiger partial charge in [0.25, 0.3) is 0 Å². The number of halogens is 1. The number of hydrogen-bond acceptors (Lipinski definition) is 3. The Balaban J connectivity index is 0.00000205. The molecule has 3 nitrogen and oxygen atoms in total. The van der Waals surface area contributed by atoms with Crippen molar-refractivity contribution >= 4 is 14.9 Å². The van der Waals surface area contributed by atoms with Crippen molar-refractivity contribution in [1.82, 2.24) is 9.80 Å². The van der Waals surface area contributed by atoms with E-state index < -0.39 is 0 Å². The topological polar surface area (TPSA) is 9.72 Å². The van der Waals surface area contributed by atoms with Gasteiger partial charge in [0.15, 0.2) is 0 Å². The summed E-state index contributed by atoms with van der Waals surface area (Å²) in [7, 11) is 4.58. The van der Waals surface area contributed by atoms with Gasteiger partial charge in [-0.1, -0.05) is 145 Å². The molecule has 0 saturated heterocycles. The molecule has 49 heavy (non-hydrogen) atoms. The van der Waals surface area contributed by atoms with Crippen molar-refractivity contribution in [2.45, 2.75) is 32.6 Å². The molecule has 0 saturated carbocycles. The first-order chi connectivity index (χ1) is 24.2. The van der Waals surface area contributed by atoms with Crippen LogP contribution in [0.15, 0.2) is 169 Å². The second-order valence-corrected chi connectivity index (χ2v) is 12.3. The van der Waals surface area contributed by atoms with E-state index in [9.17, 15) is 0 Å². The first-order valence-electron chi connectivity index (χ1n) is 16.9. The van der Waals surface area contributed by atoms with Crippen molar-refractivity contribution in [1.29, 1.82) is 0 Å². The molecule has 252 valence electrons. The van der Waals surface area contributed by atoms with Gasteiger partial charge in [0.05, 0.1) is 5.82 Å². The summed E-state index contributed by atoms with van der Waals surface area (Å²) in [6, 6.07) is 48.7. The summed E-state index contributed by atoms with van der Waals surface area (Å²) >= 11 is 1.75. The summed E-state index contributed by atoms with van der Waals surface area (Å²) in [6.45, 7) is 10.9. The Bertz CT molecular complexity index is 1720. The van der Waals surface area contributed by atoms with Gasteiger partial charge < -0.3 is 14.7 Å². The Morgan fingerprint density at radius 1 is 0.653 bits per heavy atom. The molecular weight excluding hydrogens is 803 g/mol. The number of benzene rings is 5. The van der Waals surface area contributed by atoms with Crippen LogP contribution in [0.25, 0.3) is 0 Å². The molecule has 0 fully saturated rings. The first-order valence-corrected chi connectivity index (χ1v) is 19.6. The third-order valence-electron chi connectivity index (χ3n) is 9.36. The van der Waals surface area contributed by atoms with Crippen LogP contribution in [0.3, 0.4) is 0 Å². The molecular formula is C44H42AuClN3-. The van der Waals surface area contributed by atoms with E-state index in [2.05, 4.69) is 209 Å².